The first-order chi connectivity index (χ1) is 8.15. The first-order valence-corrected chi connectivity index (χ1v) is 5.40. The molecular weight excluding hydrogens is 220 g/mol. The van der Waals surface area contributed by atoms with E-state index < -0.39 is 5.97 Å². The topological polar surface area (TPSA) is 66.6 Å². The summed E-state index contributed by atoms with van der Waals surface area (Å²) in [5.41, 5.74) is 1.59. The Labute approximate surface area is 98.7 Å². The molecule has 0 aliphatic heterocycles. The van der Waals surface area contributed by atoms with Crippen molar-refractivity contribution < 1.29 is 14.3 Å². The first-order valence-electron chi connectivity index (χ1n) is 5.40. The van der Waals surface area contributed by atoms with Crippen molar-refractivity contribution in [2.75, 3.05) is 13.6 Å². The molecule has 2 aromatic rings. The Morgan fingerprint density at radius 2 is 2.24 bits per heavy atom. The zero-order valence-corrected chi connectivity index (χ0v) is 9.59. The van der Waals surface area contributed by atoms with Crippen molar-refractivity contribution in [2.24, 2.45) is 0 Å². The van der Waals surface area contributed by atoms with E-state index in [1.807, 2.05) is 36.2 Å². The third-order valence-corrected chi connectivity index (χ3v) is 2.45. The summed E-state index contributed by atoms with van der Waals surface area (Å²) >= 11 is 0. The van der Waals surface area contributed by atoms with Gasteiger partial charge in [-0.25, -0.2) is 4.98 Å². The quantitative estimate of drug-likeness (QED) is 0.853. The first kappa shape index (κ1) is 11.6. The van der Waals surface area contributed by atoms with Crippen molar-refractivity contribution >= 4 is 17.1 Å². The summed E-state index contributed by atoms with van der Waals surface area (Å²) in [4.78, 5) is 16.6. The molecule has 0 aliphatic carbocycles. The van der Waals surface area contributed by atoms with Crippen molar-refractivity contribution in [2.45, 2.75) is 13.0 Å². The highest BCUT2D eigenvalue weighted by Crippen LogP contribution is 2.15. The summed E-state index contributed by atoms with van der Waals surface area (Å²) in [6.45, 7) is 0.996. The number of hydrogen-bond donors (Lipinski definition) is 1. The number of carboxylic acid groups (broad SMARTS) is 1. The molecule has 0 bridgehead atoms. The van der Waals surface area contributed by atoms with Crippen LogP contribution in [0, 0.1) is 0 Å². The fourth-order valence-corrected chi connectivity index (χ4v) is 1.58. The summed E-state index contributed by atoms with van der Waals surface area (Å²) < 4.78 is 5.55. The van der Waals surface area contributed by atoms with Crippen LogP contribution in [0.4, 0.5) is 0 Å². The maximum atomic E-state index is 10.4. The van der Waals surface area contributed by atoms with Crippen molar-refractivity contribution in [3.8, 4) is 0 Å². The molecule has 90 valence electrons. The molecule has 0 saturated carbocycles. The number of aliphatic carboxylic acids is 1. The number of rotatable bonds is 5. The van der Waals surface area contributed by atoms with Gasteiger partial charge < -0.3 is 9.52 Å². The Balaban J connectivity index is 2.00. The van der Waals surface area contributed by atoms with E-state index >= 15 is 0 Å². The molecule has 1 N–H and O–H groups in total. The lowest BCUT2D eigenvalue weighted by Crippen LogP contribution is -2.21. The van der Waals surface area contributed by atoms with Gasteiger partial charge in [0.05, 0.1) is 13.0 Å². The van der Waals surface area contributed by atoms with Crippen LogP contribution in [0.2, 0.25) is 0 Å². The van der Waals surface area contributed by atoms with Crippen LogP contribution in [0.15, 0.2) is 28.7 Å². The minimum atomic E-state index is -0.797. The van der Waals surface area contributed by atoms with Crippen LogP contribution < -0.4 is 0 Å². The van der Waals surface area contributed by atoms with Crippen molar-refractivity contribution in [1.82, 2.24) is 9.88 Å². The average Bonchev–Trinajstić information content (AvgIpc) is 2.68. The molecule has 0 amide bonds. The summed E-state index contributed by atoms with van der Waals surface area (Å²) in [5, 5.41) is 8.58. The van der Waals surface area contributed by atoms with Crippen LogP contribution in [0.5, 0.6) is 0 Å². The molecule has 1 aromatic carbocycles. The number of aromatic nitrogens is 1. The van der Waals surface area contributed by atoms with E-state index in [0.29, 0.717) is 19.0 Å². The number of carboxylic acids is 1. The predicted molar refractivity (Wildman–Crippen MR) is 62.6 cm³/mol. The second kappa shape index (κ2) is 4.97. The molecule has 0 radical (unpaired) electrons. The second-order valence-electron chi connectivity index (χ2n) is 3.96. The van der Waals surface area contributed by atoms with Gasteiger partial charge >= 0.3 is 5.97 Å². The molecule has 0 unspecified atom stereocenters. The lowest BCUT2D eigenvalue weighted by atomic mass is 10.3. The summed E-state index contributed by atoms with van der Waals surface area (Å²) in [7, 11) is 1.85. The molecule has 0 saturated heterocycles. The Morgan fingerprint density at radius 1 is 1.47 bits per heavy atom. The standard InChI is InChI=1S/C12H14N2O3/c1-14(7-6-12(15)16)8-11-13-9-4-2-3-5-10(9)17-11/h2-5H,6-8H2,1H3,(H,15,16). The van der Waals surface area contributed by atoms with E-state index in [1.165, 1.54) is 0 Å². The number of fused-ring (bicyclic) bond motifs is 1. The van der Waals surface area contributed by atoms with E-state index in [4.69, 9.17) is 9.52 Å². The van der Waals surface area contributed by atoms with Crippen molar-refractivity contribution in [3.63, 3.8) is 0 Å². The second-order valence-corrected chi connectivity index (χ2v) is 3.96. The van der Waals surface area contributed by atoms with Gasteiger partial charge in [-0.3, -0.25) is 9.69 Å². The van der Waals surface area contributed by atoms with E-state index in [-0.39, 0.29) is 6.42 Å². The van der Waals surface area contributed by atoms with Gasteiger partial charge in [-0.05, 0) is 19.2 Å². The highest BCUT2D eigenvalue weighted by Gasteiger charge is 2.08. The Kier molecular flexibility index (Phi) is 3.39. The fraction of sp³-hybridized carbons (Fsp3) is 0.333. The molecule has 1 aromatic heterocycles. The molecule has 5 heteroatoms. The zero-order chi connectivity index (χ0) is 12.3. The van der Waals surface area contributed by atoms with E-state index in [0.717, 1.165) is 11.1 Å². The molecule has 5 nitrogen and oxygen atoms in total. The van der Waals surface area contributed by atoms with Crippen molar-refractivity contribution in [3.05, 3.63) is 30.2 Å². The number of nitrogens with zero attached hydrogens (tertiary/aromatic N) is 2. The lowest BCUT2D eigenvalue weighted by Gasteiger charge is -2.12. The lowest BCUT2D eigenvalue weighted by molar-refractivity contribution is -0.137. The van der Waals surface area contributed by atoms with Crippen LogP contribution in [0.3, 0.4) is 0 Å². The highest BCUT2D eigenvalue weighted by atomic mass is 16.4. The zero-order valence-electron chi connectivity index (χ0n) is 9.59. The summed E-state index contributed by atoms with van der Waals surface area (Å²) in [5.74, 6) is -0.187. The number of benzene rings is 1. The van der Waals surface area contributed by atoms with Crippen molar-refractivity contribution in [1.29, 1.82) is 0 Å². The van der Waals surface area contributed by atoms with Gasteiger partial charge in [-0.1, -0.05) is 12.1 Å². The number of para-hydroxylation sites is 2. The minimum absolute atomic E-state index is 0.122. The van der Waals surface area contributed by atoms with Crippen LogP contribution >= 0.6 is 0 Å². The largest absolute Gasteiger partial charge is 0.481 e. The third kappa shape index (κ3) is 3.04. The van der Waals surface area contributed by atoms with E-state index in [2.05, 4.69) is 4.98 Å². The summed E-state index contributed by atoms with van der Waals surface area (Å²) in [6, 6.07) is 7.55. The van der Waals surface area contributed by atoms with Gasteiger partial charge in [0, 0.05) is 6.54 Å². The van der Waals surface area contributed by atoms with E-state index in [1.54, 1.807) is 0 Å². The molecule has 1 heterocycles. The van der Waals surface area contributed by atoms with Gasteiger partial charge in [-0.2, -0.15) is 0 Å². The molecule has 0 aliphatic rings. The SMILES string of the molecule is CN(CCC(=O)O)Cc1nc2ccccc2o1. The molecule has 0 fully saturated rings. The van der Waals surface area contributed by atoms with Gasteiger partial charge in [0.15, 0.2) is 5.58 Å². The number of carbonyl (C=O) groups is 1. The van der Waals surface area contributed by atoms with Crippen LogP contribution in [0.25, 0.3) is 11.1 Å². The van der Waals surface area contributed by atoms with Gasteiger partial charge in [-0.15, -0.1) is 0 Å². The molecule has 17 heavy (non-hydrogen) atoms. The fourth-order valence-electron chi connectivity index (χ4n) is 1.58. The van der Waals surface area contributed by atoms with Gasteiger partial charge in [0.1, 0.15) is 5.52 Å². The van der Waals surface area contributed by atoms with Gasteiger partial charge in [0.2, 0.25) is 5.89 Å². The molecular formula is C12H14N2O3. The molecule has 0 atom stereocenters. The maximum absolute atomic E-state index is 10.4. The predicted octanol–water partition coefficient (Wildman–Crippen LogP) is 1.73. The Hall–Kier alpha value is -1.88. The Bertz CT molecular complexity index is 488. The maximum Gasteiger partial charge on any atom is 0.304 e. The normalized spacial score (nSPS) is 11.2. The monoisotopic (exact) mass is 234 g/mol. The van der Waals surface area contributed by atoms with E-state index in [9.17, 15) is 4.79 Å². The highest BCUT2D eigenvalue weighted by molar-refractivity contribution is 5.72. The summed E-state index contributed by atoms with van der Waals surface area (Å²) in [6.07, 6.45) is 0.122. The van der Waals surface area contributed by atoms with Crippen LogP contribution in [0.1, 0.15) is 12.3 Å². The third-order valence-electron chi connectivity index (χ3n) is 2.45. The number of hydrogen-bond acceptors (Lipinski definition) is 4. The molecule has 2 rings (SSSR count). The number of oxazole rings is 1. The smallest absolute Gasteiger partial charge is 0.304 e. The minimum Gasteiger partial charge on any atom is -0.481 e. The Morgan fingerprint density at radius 3 is 2.94 bits per heavy atom. The van der Waals surface area contributed by atoms with Crippen LogP contribution in [-0.2, 0) is 11.3 Å². The molecule has 0 spiro atoms. The van der Waals surface area contributed by atoms with Crippen LogP contribution in [-0.4, -0.2) is 34.6 Å². The average molecular weight is 234 g/mol. The van der Waals surface area contributed by atoms with Gasteiger partial charge in [0.25, 0.3) is 0 Å².